The lowest BCUT2D eigenvalue weighted by Gasteiger charge is -2.15. The predicted molar refractivity (Wildman–Crippen MR) is 45.9 cm³/mol. The van der Waals surface area contributed by atoms with E-state index in [-0.39, 0.29) is 5.78 Å². The zero-order chi connectivity index (χ0) is 9.19. The summed E-state index contributed by atoms with van der Waals surface area (Å²) in [5, 5.41) is 0. The van der Waals surface area contributed by atoms with E-state index in [2.05, 4.69) is 0 Å². The maximum Gasteiger partial charge on any atom is 0.199 e. The van der Waals surface area contributed by atoms with Crippen LogP contribution in [0.25, 0.3) is 0 Å². The van der Waals surface area contributed by atoms with E-state index in [1.54, 1.807) is 12.1 Å². The highest BCUT2D eigenvalue weighted by atomic mass is 16.3. The summed E-state index contributed by atoms with van der Waals surface area (Å²) >= 11 is 0. The third kappa shape index (κ3) is 2.51. The van der Waals surface area contributed by atoms with E-state index < -0.39 is 5.54 Å². The standard InChI is InChI=1S/C9H13NO2/c1-9(2,10)6-7(11)8-4-3-5-12-8/h3-5H,6,10H2,1-2H3. The average molecular weight is 167 g/mol. The second-order valence-corrected chi connectivity index (χ2v) is 3.57. The third-order valence-electron chi connectivity index (χ3n) is 1.41. The smallest absolute Gasteiger partial charge is 0.199 e. The fraction of sp³-hybridized carbons (Fsp3) is 0.444. The van der Waals surface area contributed by atoms with Crippen molar-refractivity contribution in [3.63, 3.8) is 0 Å². The molecule has 1 heterocycles. The van der Waals surface area contributed by atoms with Crippen molar-refractivity contribution < 1.29 is 9.21 Å². The first-order chi connectivity index (χ1) is 5.49. The van der Waals surface area contributed by atoms with Gasteiger partial charge in [-0.05, 0) is 26.0 Å². The fourth-order valence-corrected chi connectivity index (χ4v) is 0.938. The van der Waals surface area contributed by atoms with Gasteiger partial charge in [-0.3, -0.25) is 4.79 Å². The van der Waals surface area contributed by atoms with E-state index >= 15 is 0 Å². The number of carbonyl (C=O) groups excluding carboxylic acids is 1. The average Bonchev–Trinajstić information content (AvgIpc) is 2.32. The molecule has 0 aromatic carbocycles. The number of hydrogen-bond acceptors (Lipinski definition) is 3. The van der Waals surface area contributed by atoms with Crippen molar-refractivity contribution in [2.24, 2.45) is 5.73 Å². The lowest BCUT2D eigenvalue weighted by atomic mass is 9.98. The molecule has 0 spiro atoms. The summed E-state index contributed by atoms with van der Waals surface area (Å²) in [6, 6.07) is 3.34. The summed E-state index contributed by atoms with van der Waals surface area (Å²) in [6.45, 7) is 3.63. The quantitative estimate of drug-likeness (QED) is 0.695. The minimum absolute atomic E-state index is 0.0486. The van der Waals surface area contributed by atoms with Crippen LogP contribution in [0.4, 0.5) is 0 Å². The highest BCUT2D eigenvalue weighted by Gasteiger charge is 2.18. The summed E-state index contributed by atoms with van der Waals surface area (Å²) in [5.41, 5.74) is 5.21. The van der Waals surface area contributed by atoms with E-state index in [4.69, 9.17) is 10.2 Å². The van der Waals surface area contributed by atoms with Gasteiger partial charge in [-0.2, -0.15) is 0 Å². The lowest BCUT2D eigenvalue weighted by Crippen LogP contribution is -2.34. The molecule has 0 radical (unpaired) electrons. The van der Waals surface area contributed by atoms with Crippen LogP contribution in [-0.2, 0) is 0 Å². The van der Waals surface area contributed by atoms with Gasteiger partial charge in [0.1, 0.15) is 0 Å². The number of carbonyl (C=O) groups is 1. The molecule has 3 nitrogen and oxygen atoms in total. The van der Waals surface area contributed by atoms with Gasteiger partial charge in [-0.15, -0.1) is 0 Å². The molecule has 0 bridgehead atoms. The SMILES string of the molecule is CC(C)(N)CC(=O)c1ccco1. The Morgan fingerprint density at radius 3 is 2.75 bits per heavy atom. The number of Topliss-reactive ketones (excluding diaryl/α,β-unsaturated/α-hetero) is 1. The first kappa shape index (κ1) is 9.00. The first-order valence-electron chi connectivity index (χ1n) is 3.85. The molecule has 0 unspecified atom stereocenters. The Hall–Kier alpha value is -1.09. The van der Waals surface area contributed by atoms with Crippen molar-refractivity contribution in [2.75, 3.05) is 0 Å². The topological polar surface area (TPSA) is 56.2 Å². The molecule has 1 rings (SSSR count). The molecular formula is C9H13NO2. The molecule has 2 N–H and O–H groups in total. The first-order valence-corrected chi connectivity index (χ1v) is 3.85. The Labute approximate surface area is 71.6 Å². The van der Waals surface area contributed by atoms with Crippen LogP contribution >= 0.6 is 0 Å². The van der Waals surface area contributed by atoms with Crippen molar-refractivity contribution in [3.8, 4) is 0 Å². The van der Waals surface area contributed by atoms with E-state index in [1.165, 1.54) is 6.26 Å². The summed E-state index contributed by atoms with van der Waals surface area (Å²) in [4.78, 5) is 11.3. The Kier molecular flexibility index (Phi) is 2.33. The second-order valence-electron chi connectivity index (χ2n) is 3.57. The summed E-state index contributed by atoms with van der Waals surface area (Å²) in [6.07, 6.45) is 1.79. The molecule has 0 saturated carbocycles. The van der Waals surface area contributed by atoms with Gasteiger partial charge < -0.3 is 10.2 Å². The van der Waals surface area contributed by atoms with Gasteiger partial charge in [-0.1, -0.05) is 0 Å². The number of nitrogens with two attached hydrogens (primary N) is 1. The molecule has 1 aromatic rings. The summed E-state index contributed by atoms with van der Waals surface area (Å²) < 4.78 is 4.94. The molecule has 0 fully saturated rings. The van der Waals surface area contributed by atoms with E-state index in [0.29, 0.717) is 12.2 Å². The minimum atomic E-state index is -0.468. The molecule has 0 saturated heterocycles. The van der Waals surface area contributed by atoms with Gasteiger partial charge in [0.2, 0.25) is 0 Å². The van der Waals surface area contributed by atoms with Crippen LogP contribution in [0.15, 0.2) is 22.8 Å². The number of furan rings is 1. The maximum atomic E-state index is 11.3. The molecule has 66 valence electrons. The normalized spacial score (nSPS) is 11.6. The zero-order valence-electron chi connectivity index (χ0n) is 7.33. The molecule has 3 heteroatoms. The Morgan fingerprint density at radius 2 is 2.33 bits per heavy atom. The lowest BCUT2D eigenvalue weighted by molar-refractivity contribution is 0.0933. The van der Waals surface area contributed by atoms with Crippen LogP contribution in [0.1, 0.15) is 30.8 Å². The van der Waals surface area contributed by atoms with Crippen LogP contribution in [0.3, 0.4) is 0 Å². The molecule has 0 aliphatic heterocycles. The zero-order valence-corrected chi connectivity index (χ0v) is 7.33. The second kappa shape index (κ2) is 3.11. The van der Waals surface area contributed by atoms with Gasteiger partial charge in [0.25, 0.3) is 0 Å². The summed E-state index contributed by atoms with van der Waals surface area (Å²) in [5.74, 6) is 0.334. The van der Waals surface area contributed by atoms with Crippen LogP contribution in [-0.4, -0.2) is 11.3 Å². The summed E-state index contributed by atoms with van der Waals surface area (Å²) in [7, 11) is 0. The van der Waals surface area contributed by atoms with Crippen LogP contribution in [0.2, 0.25) is 0 Å². The fourth-order valence-electron chi connectivity index (χ4n) is 0.938. The largest absolute Gasteiger partial charge is 0.461 e. The van der Waals surface area contributed by atoms with E-state index in [1.807, 2.05) is 13.8 Å². The van der Waals surface area contributed by atoms with Crippen molar-refractivity contribution in [1.29, 1.82) is 0 Å². The number of rotatable bonds is 3. The van der Waals surface area contributed by atoms with Crippen molar-refractivity contribution in [2.45, 2.75) is 25.8 Å². The van der Waals surface area contributed by atoms with E-state index in [9.17, 15) is 4.79 Å². The highest BCUT2D eigenvalue weighted by Crippen LogP contribution is 2.11. The molecule has 0 amide bonds. The van der Waals surface area contributed by atoms with Gasteiger partial charge in [0, 0.05) is 12.0 Å². The van der Waals surface area contributed by atoms with Crippen molar-refractivity contribution in [3.05, 3.63) is 24.2 Å². The Balaban J connectivity index is 2.63. The van der Waals surface area contributed by atoms with Crippen molar-refractivity contribution >= 4 is 5.78 Å². The molecule has 1 aromatic heterocycles. The van der Waals surface area contributed by atoms with Gasteiger partial charge in [0.15, 0.2) is 11.5 Å². The minimum Gasteiger partial charge on any atom is -0.461 e. The Morgan fingerprint density at radius 1 is 1.67 bits per heavy atom. The predicted octanol–water partition coefficient (Wildman–Crippen LogP) is 1.59. The Bertz CT molecular complexity index is 257. The van der Waals surface area contributed by atoms with Crippen LogP contribution < -0.4 is 5.73 Å². The third-order valence-corrected chi connectivity index (χ3v) is 1.41. The van der Waals surface area contributed by atoms with Crippen LogP contribution in [0.5, 0.6) is 0 Å². The van der Waals surface area contributed by atoms with Gasteiger partial charge >= 0.3 is 0 Å². The number of ketones is 1. The maximum absolute atomic E-state index is 11.3. The van der Waals surface area contributed by atoms with Crippen molar-refractivity contribution in [1.82, 2.24) is 0 Å². The molecule has 0 aliphatic carbocycles. The van der Waals surface area contributed by atoms with Crippen LogP contribution in [0, 0.1) is 0 Å². The van der Waals surface area contributed by atoms with Gasteiger partial charge in [0.05, 0.1) is 6.26 Å². The number of hydrogen-bond donors (Lipinski definition) is 1. The molecular weight excluding hydrogens is 154 g/mol. The molecule has 0 atom stereocenters. The highest BCUT2D eigenvalue weighted by molar-refractivity contribution is 5.94. The monoisotopic (exact) mass is 167 g/mol. The molecule has 0 aliphatic rings. The van der Waals surface area contributed by atoms with E-state index in [0.717, 1.165) is 0 Å². The van der Waals surface area contributed by atoms with Gasteiger partial charge in [-0.25, -0.2) is 0 Å². The molecule has 12 heavy (non-hydrogen) atoms.